The summed E-state index contributed by atoms with van der Waals surface area (Å²) in [4.78, 5) is 12.2. The van der Waals surface area contributed by atoms with Crippen LogP contribution in [0.4, 0.5) is 0 Å². The van der Waals surface area contributed by atoms with Gasteiger partial charge in [0.25, 0.3) is 0 Å². The molecule has 1 atom stereocenters. The van der Waals surface area contributed by atoms with Crippen LogP contribution in [0.25, 0.3) is 0 Å². The van der Waals surface area contributed by atoms with E-state index in [1.54, 1.807) is 0 Å². The van der Waals surface area contributed by atoms with E-state index in [2.05, 4.69) is 13.8 Å². The van der Waals surface area contributed by atoms with E-state index in [4.69, 9.17) is 4.74 Å². The molecule has 0 aliphatic carbocycles. The van der Waals surface area contributed by atoms with Gasteiger partial charge in [0, 0.05) is 6.42 Å². The van der Waals surface area contributed by atoms with Crippen molar-refractivity contribution in [2.45, 2.75) is 168 Å². The molecule has 1 unspecified atom stereocenters. The second-order valence-electron chi connectivity index (χ2n) is 9.51. The lowest BCUT2D eigenvalue weighted by Crippen LogP contribution is -2.18. The molecule has 0 aromatic heterocycles. The Labute approximate surface area is 195 Å². The van der Waals surface area contributed by atoms with Gasteiger partial charge in [-0.1, -0.05) is 123 Å². The molecule has 0 aliphatic heterocycles. The number of rotatable bonds is 25. The largest absolute Gasteiger partial charge is 0.462 e. The molecule has 0 aromatic carbocycles. The number of hydrogen-bond donors (Lipinski definition) is 0. The van der Waals surface area contributed by atoms with Crippen molar-refractivity contribution in [2.75, 3.05) is 6.61 Å². The summed E-state index contributed by atoms with van der Waals surface area (Å²) in [6, 6.07) is 0. The van der Waals surface area contributed by atoms with E-state index >= 15 is 0 Å². The average molecular weight is 440 g/mol. The molecule has 3 heteroatoms. The van der Waals surface area contributed by atoms with Gasteiger partial charge >= 0.3 is 5.97 Å². The quantitative estimate of drug-likeness (QED) is 0.105. The maximum absolute atomic E-state index is 12.2. The van der Waals surface area contributed by atoms with Crippen molar-refractivity contribution in [3.05, 3.63) is 0 Å². The molecule has 3 nitrogen and oxygen atoms in total. The van der Waals surface area contributed by atoms with Crippen LogP contribution in [-0.2, 0) is 14.6 Å². The van der Waals surface area contributed by atoms with Gasteiger partial charge in [-0.15, -0.1) is 0 Å². The minimum absolute atomic E-state index is 0.0275. The standard InChI is InChI=1S/C28H55O3/c1-3-5-6-7-17-20-24-27(23-4-2)31-28(30)25-21-18-15-13-11-9-8-10-12-14-16-19-22-26-29/h27H,3-26H2,1-2H3. The van der Waals surface area contributed by atoms with Crippen molar-refractivity contribution in [1.82, 2.24) is 0 Å². The van der Waals surface area contributed by atoms with Gasteiger partial charge in [0.1, 0.15) is 6.10 Å². The molecule has 31 heavy (non-hydrogen) atoms. The van der Waals surface area contributed by atoms with E-state index in [0.717, 1.165) is 44.9 Å². The van der Waals surface area contributed by atoms with Crippen LogP contribution >= 0.6 is 0 Å². The van der Waals surface area contributed by atoms with Crippen molar-refractivity contribution in [1.29, 1.82) is 0 Å². The number of esters is 1. The summed E-state index contributed by atoms with van der Waals surface area (Å²) in [6.07, 6.45) is 27.6. The maximum atomic E-state index is 12.2. The normalized spacial score (nSPS) is 12.2. The molecule has 185 valence electrons. The molecule has 0 saturated heterocycles. The highest BCUT2D eigenvalue weighted by molar-refractivity contribution is 5.69. The Morgan fingerprint density at radius 3 is 1.48 bits per heavy atom. The minimum Gasteiger partial charge on any atom is -0.462 e. The van der Waals surface area contributed by atoms with Gasteiger partial charge in [0.05, 0.1) is 6.61 Å². The van der Waals surface area contributed by atoms with Gasteiger partial charge in [0.15, 0.2) is 0 Å². The number of carbonyl (C=O) groups is 1. The smallest absolute Gasteiger partial charge is 0.306 e. The Morgan fingerprint density at radius 1 is 0.548 bits per heavy atom. The first-order chi connectivity index (χ1) is 15.2. The summed E-state index contributed by atoms with van der Waals surface area (Å²) in [5.41, 5.74) is 0. The third-order valence-corrected chi connectivity index (χ3v) is 6.31. The van der Waals surface area contributed by atoms with E-state index in [1.165, 1.54) is 96.3 Å². The Bertz CT molecular complexity index is 356. The Hall–Kier alpha value is -0.570. The SMILES string of the molecule is CCCCCCCCC(CCC)OC(=O)CCCCCCCCCCCCCCC[O]. The van der Waals surface area contributed by atoms with Gasteiger partial charge in [-0.05, 0) is 32.1 Å². The first-order valence-corrected chi connectivity index (χ1v) is 14.0. The number of ether oxygens (including phenoxy) is 1. The molecule has 0 spiro atoms. The predicted molar refractivity (Wildman–Crippen MR) is 133 cm³/mol. The van der Waals surface area contributed by atoms with Crippen LogP contribution < -0.4 is 0 Å². The van der Waals surface area contributed by atoms with Gasteiger partial charge < -0.3 is 4.74 Å². The molecule has 0 amide bonds. The molecular formula is C28H55O3. The topological polar surface area (TPSA) is 46.2 Å². The summed E-state index contributed by atoms with van der Waals surface area (Å²) in [7, 11) is 0. The zero-order chi connectivity index (χ0) is 22.8. The molecule has 0 rings (SSSR count). The number of unbranched alkanes of at least 4 members (excludes halogenated alkanes) is 17. The highest BCUT2D eigenvalue weighted by Crippen LogP contribution is 2.16. The second kappa shape index (κ2) is 25.7. The third kappa shape index (κ3) is 23.9. The monoisotopic (exact) mass is 439 g/mol. The van der Waals surface area contributed by atoms with Crippen LogP contribution in [0.15, 0.2) is 0 Å². The van der Waals surface area contributed by atoms with Gasteiger partial charge in [-0.3, -0.25) is 4.79 Å². The van der Waals surface area contributed by atoms with Crippen molar-refractivity contribution >= 4 is 5.97 Å². The van der Waals surface area contributed by atoms with E-state index in [-0.39, 0.29) is 18.7 Å². The van der Waals surface area contributed by atoms with Gasteiger partial charge in [-0.2, -0.15) is 0 Å². The lowest BCUT2D eigenvalue weighted by molar-refractivity contribution is -0.150. The van der Waals surface area contributed by atoms with Crippen molar-refractivity contribution in [2.24, 2.45) is 0 Å². The average Bonchev–Trinajstić information content (AvgIpc) is 2.76. The van der Waals surface area contributed by atoms with Crippen LogP contribution in [0.2, 0.25) is 0 Å². The van der Waals surface area contributed by atoms with Crippen LogP contribution in [-0.4, -0.2) is 18.7 Å². The first-order valence-electron chi connectivity index (χ1n) is 14.0. The van der Waals surface area contributed by atoms with Crippen molar-refractivity contribution in [3.8, 4) is 0 Å². The third-order valence-electron chi connectivity index (χ3n) is 6.31. The van der Waals surface area contributed by atoms with Crippen LogP contribution in [0.3, 0.4) is 0 Å². The summed E-state index contributed by atoms with van der Waals surface area (Å²) >= 11 is 0. The van der Waals surface area contributed by atoms with Crippen molar-refractivity contribution < 1.29 is 14.6 Å². The Morgan fingerprint density at radius 2 is 1.00 bits per heavy atom. The van der Waals surface area contributed by atoms with Crippen molar-refractivity contribution in [3.63, 3.8) is 0 Å². The number of hydrogen-bond acceptors (Lipinski definition) is 2. The summed E-state index contributed by atoms with van der Waals surface area (Å²) < 4.78 is 5.78. The zero-order valence-corrected chi connectivity index (χ0v) is 21.3. The summed E-state index contributed by atoms with van der Waals surface area (Å²) in [5.74, 6) is 0.0275. The molecule has 0 N–H and O–H groups in total. The minimum atomic E-state index is 0.0275. The molecular weight excluding hydrogens is 384 g/mol. The molecule has 0 aromatic rings. The maximum Gasteiger partial charge on any atom is 0.306 e. The number of carbonyl (C=O) groups excluding carboxylic acids is 1. The lowest BCUT2D eigenvalue weighted by atomic mass is 10.0. The van der Waals surface area contributed by atoms with E-state index in [9.17, 15) is 9.90 Å². The van der Waals surface area contributed by atoms with E-state index < -0.39 is 0 Å². The molecule has 1 radical (unpaired) electrons. The van der Waals surface area contributed by atoms with Crippen LogP contribution in [0.5, 0.6) is 0 Å². The molecule has 0 fully saturated rings. The van der Waals surface area contributed by atoms with Crippen LogP contribution in [0.1, 0.15) is 162 Å². The first kappa shape index (κ1) is 30.4. The van der Waals surface area contributed by atoms with Gasteiger partial charge in [0.2, 0.25) is 0 Å². The second-order valence-corrected chi connectivity index (χ2v) is 9.51. The highest BCUT2D eigenvalue weighted by Gasteiger charge is 2.13. The Kier molecular flexibility index (Phi) is 25.2. The van der Waals surface area contributed by atoms with Crippen LogP contribution in [0, 0.1) is 0 Å². The highest BCUT2D eigenvalue weighted by atomic mass is 16.5. The van der Waals surface area contributed by atoms with E-state index in [0.29, 0.717) is 6.42 Å². The molecule has 0 saturated carbocycles. The molecule has 0 heterocycles. The molecule has 0 aliphatic rings. The molecule has 0 bridgehead atoms. The fourth-order valence-corrected chi connectivity index (χ4v) is 4.30. The Balaban J connectivity index is 3.49. The fraction of sp³-hybridized carbons (Fsp3) is 0.964. The van der Waals surface area contributed by atoms with E-state index in [1.807, 2.05) is 0 Å². The zero-order valence-electron chi connectivity index (χ0n) is 21.3. The summed E-state index contributed by atoms with van der Waals surface area (Å²) in [5, 5.41) is 10.4. The lowest BCUT2D eigenvalue weighted by Gasteiger charge is -2.17. The fourth-order valence-electron chi connectivity index (χ4n) is 4.30. The summed E-state index contributed by atoms with van der Waals surface area (Å²) in [6.45, 7) is 4.53. The van der Waals surface area contributed by atoms with Gasteiger partial charge in [-0.25, -0.2) is 5.11 Å². The predicted octanol–water partition coefficient (Wildman–Crippen LogP) is 9.34.